The van der Waals surface area contributed by atoms with E-state index in [9.17, 15) is 18.3 Å². The molecule has 0 bridgehead atoms. The number of alkyl halides is 3. The smallest absolute Gasteiger partial charge is 0.391 e. The van der Waals surface area contributed by atoms with Crippen molar-refractivity contribution in [2.45, 2.75) is 63.5 Å². The second kappa shape index (κ2) is 5.45. The molecular weight excluding hydrogens is 247 g/mol. The molecule has 0 aromatic heterocycles. The van der Waals surface area contributed by atoms with Crippen LogP contribution in [0.15, 0.2) is 0 Å². The molecule has 0 aromatic rings. The van der Waals surface area contributed by atoms with Crippen LogP contribution in [0.1, 0.15) is 39.5 Å². The van der Waals surface area contributed by atoms with Crippen molar-refractivity contribution in [1.29, 1.82) is 5.26 Å². The first-order valence-electron chi connectivity index (χ1n) is 6.04. The monoisotopic (exact) mass is 265 g/mol. The van der Waals surface area contributed by atoms with Crippen molar-refractivity contribution >= 4 is 0 Å². The zero-order valence-electron chi connectivity index (χ0n) is 10.5. The number of halogens is 3. The molecule has 2 atom stereocenters. The van der Waals surface area contributed by atoms with Gasteiger partial charge in [0.2, 0.25) is 0 Å². The highest BCUT2D eigenvalue weighted by molar-refractivity contribution is 5.05. The molecule has 1 rings (SSSR count). The van der Waals surface area contributed by atoms with Gasteiger partial charge in [0.05, 0.1) is 24.2 Å². The average molecular weight is 265 g/mol. The van der Waals surface area contributed by atoms with Crippen molar-refractivity contribution in [2.24, 2.45) is 5.92 Å². The predicted octanol–water partition coefficient (Wildman–Crippen LogP) is 2.79. The summed E-state index contributed by atoms with van der Waals surface area (Å²) in [6, 6.07) is 1.97. The second-order valence-electron chi connectivity index (χ2n) is 4.99. The van der Waals surface area contributed by atoms with Gasteiger partial charge in [-0.15, -0.1) is 0 Å². The lowest BCUT2D eigenvalue weighted by atomic mass is 9.79. The van der Waals surface area contributed by atoms with Crippen LogP contribution in [-0.2, 0) is 4.74 Å². The molecule has 1 aliphatic rings. The Morgan fingerprint density at radius 2 is 1.83 bits per heavy atom. The molecule has 0 aromatic carbocycles. The summed E-state index contributed by atoms with van der Waals surface area (Å²) in [5.41, 5.74) is -1.18. The van der Waals surface area contributed by atoms with E-state index >= 15 is 0 Å². The lowest BCUT2D eigenvalue weighted by molar-refractivity contribution is -0.197. The van der Waals surface area contributed by atoms with Crippen LogP contribution in [0.3, 0.4) is 0 Å². The summed E-state index contributed by atoms with van der Waals surface area (Å²) < 4.78 is 43.0. The van der Waals surface area contributed by atoms with Crippen LogP contribution in [0.5, 0.6) is 0 Å². The molecule has 18 heavy (non-hydrogen) atoms. The molecule has 3 nitrogen and oxygen atoms in total. The largest absolute Gasteiger partial charge is 0.391 e. The summed E-state index contributed by atoms with van der Waals surface area (Å²) in [5, 5.41) is 18.5. The van der Waals surface area contributed by atoms with Crippen molar-refractivity contribution in [3.05, 3.63) is 0 Å². The van der Waals surface area contributed by atoms with E-state index in [2.05, 4.69) is 0 Å². The van der Waals surface area contributed by atoms with Gasteiger partial charge in [0.15, 0.2) is 5.60 Å². The Kier molecular flexibility index (Phi) is 4.62. The summed E-state index contributed by atoms with van der Waals surface area (Å²) in [7, 11) is 0. The van der Waals surface area contributed by atoms with Crippen LogP contribution in [0.4, 0.5) is 13.2 Å². The Bertz CT molecular complexity index is 314. The van der Waals surface area contributed by atoms with Gasteiger partial charge in [-0.05, 0) is 39.5 Å². The second-order valence-corrected chi connectivity index (χ2v) is 4.99. The van der Waals surface area contributed by atoms with E-state index in [1.807, 2.05) is 6.07 Å². The summed E-state index contributed by atoms with van der Waals surface area (Å²) in [5.74, 6) is -1.34. The molecule has 0 aliphatic heterocycles. The first-order chi connectivity index (χ1) is 8.20. The van der Waals surface area contributed by atoms with Crippen LogP contribution in [-0.4, -0.2) is 29.1 Å². The van der Waals surface area contributed by atoms with E-state index in [0.717, 1.165) is 0 Å². The third-order valence-corrected chi connectivity index (χ3v) is 3.55. The lowest BCUT2D eigenvalue weighted by Gasteiger charge is -2.37. The van der Waals surface area contributed by atoms with Crippen molar-refractivity contribution in [3.63, 3.8) is 0 Å². The maximum Gasteiger partial charge on any atom is 0.391 e. The number of nitriles is 1. The first-order valence-corrected chi connectivity index (χ1v) is 6.04. The molecule has 0 saturated heterocycles. The van der Waals surface area contributed by atoms with E-state index in [4.69, 9.17) is 10.00 Å². The van der Waals surface area contributed by atoms with Crippen LogP contribution < -0.4 is 0 Å². The van der Waals surface area contributed by atoms with Crippen molar-refractivity contribution in [2.75, 3.05) is 0 Å². The topological polar surface area (TPSA) is 53.2 Å². The molecule has 2 unspecified atom stereocenters. The Morgan fingerprint density at radius 1 is 1.33 bits per heavy atom. The highest BCUT2D eigenvalue weighted by atomic mass is 19.4. The van der Waals surface area contributed by atoms with Gasteiger partial charge in [-0.3, -0.25) is 0 Å². The number of hydrogen-bond acceptors (Lipinski definition) is 3. The SMILES string of the molecule is CC(O)C(C)OC1(C#N)CCC(C(F)(F)F)CC1. The Hall–Kier alpha value is -0.800. The van der Waals surface area contributed by atoms with E-state index in [1.165, 1.54) is 6.92 Å². The predicted molar refractivity (Wildman–Crippen MR) is 58.6 cm³/mol. The molecular formula is C12H18F3NO2. The molecule has 1 saturated carbocycles. The van der Waals surface area contributed by atoms with Gasteiger partial charge in [0, 0.05) is 0 Å². The number of ether oxygens (including phenoxy) is 1. The van der Waals surface area contributed by atoms with Crippen molar-refractivity contribution < 1.29 is 23.0 Å². The van der Waals surface area contributed by atoms with Crippen LogP contribution >= 0.6 is 0 Å². The fourth-order valence-electron chi connectivity index (χ4n) is 2.12. The van der Waals surface area contributed by atoms with Gasteiger partial charge < -0.3 is 9.84 Å². The Balaban J connectivity index is 2.64. The molecule has 0 heterocycles. The van der Waals surface area contributed by atoms with Gasteiger partial charge in [-0.2, -0.15) is 18.4 Å². The van der Waals surface area contributed by atoms with Gasteiger partial charge in [0.1, 0.15) is 0 Å². The third-order valence-electron chi connectivity index (χ3n) is 3.55. The van der Waals surface area contributed by atoms with Gasteiger partial charge in [-0.1, -0.05) is 0 Å². The maximum absolute atomic E-state index is 12.5. The van der Waals surface area contributed by atoms with Gasteiger partial charge in [-0.25, -0.2) is 0 Å². The molecule has 6 heteroatoms. The normalized spacial score (nSPS) is 32.6. The average Bonchev–Trinajstić information content (AvgIpc) is 2.28. The van der Waals surface area contributed by atoms with E-state index in [1.54, 1.807) is 6.92 Å². The van der Waals surface area contributed by atoms with Gasteiger partial charge in [0.25, 0.3) is 0 Å². The summed E-state index contributed by atoms with van der Waals surface area (Å²) in [6.07, 6.45) is -5.58. The number of hydrogen-bond donors (Lipinski definition) is 1. The quantitative estimate of drug-likeness (QED) is 0.853. The maximum atomic E-state index is 12.5. The van der Waals surface area contributed by atoms with Crippen molar-refractivity contribution in [1.82, 2.24) is 0 Å². The number of rotatable bonds is 3. The highest BCUT2D eigenvalue weighted by Crippen LogP contribution is 2.42. The lowest BCUT2D eigenvalue weighted by Crippen LogP contribution is -2.43. The molecule has 104 valence electrons. The molecule has 1 N–H and O–H groups in total. The molecule has 0 spiro atoms. The minimum absolute atomic E-state index is 0.0603. The number of nitrogens with zero attached hydrogens (tertiary/aromatic N) is 1. The summed E-state index contributed by atoms with van der Waals surface area (Å²) in [6.45, 7) is 3.14. The Labute approximate surface area is 105 Å². The zero-order chi connectivity index (χ0) is 14.0. The van der Waals surface area contributed by atoms with Crippen LogP contribution in [0.2, 0.25) is 0 Å². The summed E-state index contributed by atoms with van der Waals surface area (Å²) >= 11 is 0. The molecule has 1 aliphatic carbocycles. The van der Waals surface area contributed by atoms with Crippen molar-refractivity contribution in [3.8, 4) is 6.07 Å². The standard InChI is InChI=1S/C12H18F3NO2/c1-8(17)9(2)18-11(7-16)5-3-10(4-6-11)12(13,14)15/h8-10,17H,3-6H2,1-2H3. The van der Waals surface area contributed by atoms with Crippen LogP contribution in [0.25, 0.3) is 0 Å². The Morgan fingerprint density at radius 3 is 2.17 bits per heavy atom. The number of aliphatic hydroxyl groups excluding tert-OH is 1. The van der Waals surface area contributed by atoms with E-state index in [-0.39, 0.29) is 25.7 Å². The van der Waals surface area contributed by atoms with Gasteiger partial charge >= 0.3 is 6.18 Å². The number of aliphatic hydroxyl groups is 1. The molecule has 1 fully saturated rings. The first kappa shape index (κ1) is 15.3. The molecule has 0 radical (unpaired) electrons. The van der Waals surface area contributed by atoms with Crippen LogP contribution in [0, 0.1) is 17.2 Å². The zero-order valence-corrected chi connectivity index (χ0v) is 10.5. The van der Waals surface area contributed by atoms with E-state index < -0.39 is 29.9 Å². The molecule has 0 amide bonds. The summed E-state index contributed by atoms with van der Waals surface area (Å²) in [4.78, 5) is 0. The van der Waals surface area contributed by atoms with E-state index in [0.29, 0.717) is 0 Å². The highest BCUT2D eigenvalue weighted by Gasteiger charge is 2.47. The minimum Gasteiger partial charge on any atom is -0.391 e. The third kappa shape index (κ3) is 3.59. The fourth-order valence-corrected chi connectivity index (χ4v) is 2.12. The fraction of sp³-hybridized carbons (Fsp3) is 0.917. The minimum atomic E-state index is -4.20.